The highest BCUT2D eigenvalue weighted by atomic mass is 32.2. The average Bonchev–Trinajstić information content (AvgIpc) is 2.70. The average molecular weight is 255 g/mol. The standard InChI is InChI=1S/C9H9N3O4S/c1-16-9(13)6-5-11-12-4-2-3-7(8(6)12)17(10,14)15/h2-5H,1H3,(H2,10,14,15). The first-order valence-corrected chi connectivity index (χ1v) is 6.07. The van der Waals surface area contributed by atoms with Gasteiger partial charge in [-0.15, -0.1) is 0 Å². The molecular weight excluding hydrogens is 246 g/mol. The maximum absolute atomic E-state index is 11.5. The maximum atomic E-state index is 11.5. The molecule has 2 rings (SSSR count). The fourth-order valence-corrected chi connectivity index (χ4v) is 2.24. The molecule has 90 valence electrons. The summed E-state index contributed by atoms with van der Waals surface area (Å²) in [6.45, 7) is 0. The fraction of sp³-hybridized carbons (Fsp3) is 0.111. The van der Waals surface area contributed by atoms with Gasteiger partial charge in [0.15, 0.2) is 0 Å². The monoisotopic (exact) mass is 255 g/mol. The van der Waals surface area contributed by atoms with Crippen LogP contribution in [0.1, 0.15) is 10.4 Å². The van der Waals surface area contributed by atoms with Crippen LogP contribution >= 0.6 is 0 Å². The number of rotatable bonds is 2. The molecule has 0 amide bonds. The van der Waals surface area contributed by atoms with Crippen LogP contribution in [-0.4, -0.2) is 31.1 Å². The van der Waals surface area contributed by atoms with Crippen molar-refractivity contribution in [1.82, 2.24) is 9.61 Å². The first-order valence-electron chi connectivity index (χ1n) is 4.52. The molecule has 2 N–H and O–H groups in total. The highest BCUT2D eigenvalue weighted by Gasteiger charge is 2.21. The Bertz CT molecular complexity index is 689. The van der Waals surface area contributed by atoms with Crippen molar-refractivity contribution in [1.29, 1.82) is 0 Å². The predicted octanol–water partition coefficient (Wildman–Crippen LogP) is -0.232. The minimum absolute atomic E-state index is 0.0529. The third-order valence-electron chi connectivity index (χ3n) is 2.22. The number of ether oxygens (including phenoxy) is 1. The molecular formula is C9H9N3O4S. The zero-order chi connectivity index (χ0) is 12.6. The minimum Gasteiger partial charge on any atom is -0.465 e. The van der Waals surface area contributed by atoms with Crippen LogP contribution in [0.3, 0.4) is 0 Å². The van der Waals surface area contributed by atoms with E-state index in [1.165, 1.54) is 36.2 Å². The molecule has 17 heavy (non-hydrogen) atoms. The van der Waals surface area contributed by atoms with E-state index in [-0.39, 0.29) is 16.0 Å². The molecule has 0 aromatic carbocycles. The summed E-state index contributed by atoms with van der Waals surface area (Å²) < 4.78 is 28.6. The molecule has 2 aromatic heterocycles. The Morgan fingerprint density at radius 2 is 2.24 bits per heavy atom. The molecule has 0 spiro atoms. The van der Waals surface area contributed by atoms with Gasteiger partial charge in [0.25, 0.3) is 0 Å². The Hall–Kier alpha value is -1.93. The molecule has 0 atom stereocenters. The van der Waals surface area contributed by atoms with Gasteiger partial charge < -0.3 is 4.74 Å². The van der Waals surface area contributed by atoms with Crippen LogP contribution in [0, 0.1) is 0 Å². The number of aromatic nitrogens is 2. The maximum Gasteiger partial charge on any atom is 0.341 e. The van der Waals surface area contributed by atoms with Gasteiger partial charge in [-0.3, -0.25) is 0 Å². The molecule has 2 heterocycles. The van der Waals surface area contributed by atoms with Gasteiger partial charge in [0, 0.05) is 6.20 Å². The second-order valence-corrected chi connectivity index (χ2v) is 4.79. The van der Waals surface area contributed by atoms with Gasteiger partial charge >= 0.3 is 5.97 Å². The van der Waals surface area contributed by atoms with Crippen molar-refractivity contribution in [3.8, 4) is 0 Å². The number of primary sulfonamides is 1. The summed E-state index contributed by atoms with van der Waals surface area (Å²) in [6.07, 6.45) is 2.74. The van der Waals surface area contributed by atoms with Gasteiger partial charge in [-0.25, -0.2) is 22.9 Å². The topological polar surface area (TPSA) is 104 Å². The lowest BCUT2D eigenvalue weighted by Crippen LogP contribution is -2.14. The Kier molecular flexibility index (Phi) is 2.60. The van der Waals surface area contributed by atoms with Crippen LogP contribution in [0.2, 0.25) is 0 Å². The van der Waals surface area contributed by atoms with Crippen LogP contribution in [0.25, 0.3) is 5.52 Å². The van der Waals surface area contributed by atoms with Gasteiger partial charge in [0.1, 0.15) is 16.0 Å². The smallest absolute Gasteiger partial charge is 0.341 e. The Balaban J connectivity index is 2.86. The van der Waals surface area contributed by atoms with Gasteiger partial charge in [-0.1, -0.05) is 0 Å². The zero-order valence-corrected chi connectivity index (χ0v) is 9.64. The number of fused-ring (bicyclic) bond motifs is 1. The highest BCUT2D eigenvalue weighted by molar-refractivity contribution is 7.89. The molecule has 0 radical (unpaired) electrons. The lowest BCUT2D eigenvalue weighted by atomic mass is 10.2. The molecule has 0 saturated heterocycles. The number of esters is 1. The number of hydrogen-bond acceptors (Lipinski definition) is 5. The number of carbonyl (C=O) groups excluding carboxylic acids is 1. The lowest BCUT2D eigenvalue weighted by molar-refractivity contribution is 0.0603. The molecule has 0 aliphatic heterocycles. The summed E-state index contributed by atoms with van der Waals surface area (Å²) in [5.41, 5.74) is 0.166. The number of pyridine rings is 1. The first kappa shape index (κ1) is 11.6. The third kappa shape index (κ3) is 1.87. The van der Waals surface area contributed by atoms with E-state index in [2.05, 4.69) is 9.84 Å². The summed E-state index contributed by atoms with van der Waals surface area (Å²) >= 11 is 0. The third-order valence-corrected chi connectivity index (χ3v) is 3.16. The summed E-state index contributed by atoms with van der Waals surface area (Å²) in [6, 6.07) is 2.78. The Morgan fingerprint density at radius 1 is 1.53 bits per heavy atom. The molecule has 0 aliphatic carbocycles. The van der Waals surface area contributed by atoms with E-state index in [1.54, 1.807) is 0 Å². The van der Waals surface area contributed by atoms with Gasteiger partial charge in [-0.05, 0) is 12.1 Å². The molecule has 0 unspecified atom stereocenters. The summed E-state index contributed by atoms with van der Waals surface area (Å²) in [4.78, 5) is 11.3. The normalized spacial score (nSPS) is 11.6. The molecule has 2 aromatic rings. The number of nitrogens with two attached hydrogens (primary N) is 1. The molecule has 0 aliphatic rings. The van der Waals surface area contributed by atoms with E-state index >= 15 is 0 Å². The zero-order valence-electron chi connectivity index (χ0n) is 8.82. The quantitative estimate of drug-likeness (QED) is 0.746. The molecule has 0 saturated carbocycles. The number of hydrogen-bond donors (Lipinski definition) is 1. The fourth-order valence-electron chi connectivity index (χ4n) is 1.50. The number of carbonyl (C=O) groups is 1. The predicted molar refractivity (Wildman–Crippen MR) is 57.9 cm³/mol. The molecule has 0 bridgehead atoms. The first-order chi connectivity index (χ1) is 7.95. The van der Waals surface area contributed by atoms with Crippen molar-refractivity contribution in [2.45, 2.75) is 4.90 Å². The largest absolute Gasteiger partial charge is 0.465 e. The van der Waals surface area contributed by atoms with Crippen molar-refractivity contribution in [2.75, 3.05) is 7.11 Å². The Labute approximate surface area is 96.8 Å². The van der Waals surface area contributed by atoms with Crippen molar-refractivity contribution >= 4 is 21.5 Å². The van der Waals surface area contributed by atoms with Crippen LogP contribution < -0.4 is 5.14 Å². The summed E-state index contributed by atoms with van der Waals surface area (Å²) in [7, 11) is -2.73. The summed E-state index contributed by atoms with van der Waals surface area (Å²) in [5.74, 6) is -0.670. The molecule has 8 heteroatoms. The van der Waals surface area contributed by atoms with Crippen molar-refractivity contribution in [2.24, 2.45) is 5.14 Å². The Morgan fingerprint density at radius 3 is 2.82 bits per heavy atom. The van der Waals surface area contributed by atoms with E-state index < -0.39 is 16.0 Å². The van der Waals surface area contributed by atoms with Crippen LogP contribution in [-0.2, 0) is 14.8 Å². The second-order valence-electron chi connectivity index (χ2n) is 3.26. The van der Waals surface area contributed by atoms with E-state index in [9.17, 15) is 13.2 Å². The van der Waals surface area contributed by atoms with Gasteiger partial charge in [0.2, 0.25) is 10.0 Å². The molecule has 0 fully saturated rings. The van der Waals surface area contributed by atoms with Crippen LogP contribution in [0.15, 0.2) is 29.4 Å². The molecule has 7 nitrogen and oxygen atoms in total. The van der Waals surface area contributed by atoms with Gasteiger partial charge in [0.05, 0.1) is 13.3 Å². The van der Waals surface area contributed by atoms with E-state index in [1.807, 2.05) is 0 Å². The van der Waals surface area contributed by atoms with E-state index in [0.717, 1.165) is 0 Å². The van der Waals surface area contributed by atoms with Crippen LogP contribution in [0.5, 0.6) is 0 Å². The SMILES string of the molecule is COC(=O)c1cnn2cccc(S(N)(=O)=O)c12. The van der Waals surface area contributed by atoms with E-state index in [0.29, 0.717) is 0 Å². The van der Waals surface area contributed by atoms with Gasteiger partial charge in [-0.2, -0.15) is 5.10 Å². The van der Waals surface area contributed by atoms with Crippen LogP contribution in [0.4, 0.5) is 0 Å². The number of methoxy groups -OCH3 is 1. The van der Waals surface area contributed by atoms with E-state index in [4.69, 9.17) is 5.14 Å². The van der Waals surface area contributed by atoms with Crippen molar-refractivity contribution < 1.29 is 17.9 Å². The lowest BCUT2D eigenvalue weighted by Gasteiger charge is -2.03. The number of sulfonamides is 1. The van der Waals surface area contributed by atoms with Crippen molar-refractivity contribution in [3.63, 3.8) is 0 Å². The number of nitrogens with zero attached hydrogens (tertiary/aromatic N) is 2. The highest BCUT2D eigenvalue weighted by Crippen LogP contribution is 2.20. The van der Waals surface area contributed by atoms with Crippen molar-refractivity contribution in [3.05, 3.63) is 30.1 Å². The summed E-state index contributed by atoms with van der Waals surface area (Å²) in [5, 5.41) is 8.93. The second kappa shape index (κ2) is 3.82. The minimum atomic E-state index is -3.93.